The summed E-state index contributed by atoms with van der Waals surface area (Å²) in [4.78, 5) is 14.3. The molecular formula is C16H23NO2. The Hall–Kier alpha value is -1.51. The largest absolute Gasteiger partial charge is 0.496 e. The highest BCUT2D eigenvalue weighted by Crippen LogP contribution is 2.20. The number of benzene rings is 1. The summed E-state index contributed by atoms with van der Waals surface area (Å²) in [5.74, 6) is 1.76. The number of hydrogen-bond donors (Lipinski definition) is 0. The fourth-order valence-corrected chi connectivity index (χ4v) is 2.75. The Balaban J connectivity index is 2.00. The normalized spacial score (nSPS) is 19.3. The number of piperidine rings is 1. The summed E-state index contributed by atoms with van der Waals surface area (Å²) in [6.45, 7) is 6.05. The summed E-state index contributed by atoms with van der Waals surface area (Å²) >= 11 is 0. The molecule has 1 amide bonds. The molecule has 1 aliphatic rings. The monoisotopic (exact) mass is 261 g/mol. The third-order valence-electron chi connectivity index (χ3n) is 3.82. The molecule has 1 aromatic carbocycles. The third kappa shape index (κ3) is 3.49. The summed E-state index contributed by atoms with van der Waals surface area (Å²) in [5, 5.41) is 0. The molecule has 0 saturated carbocycles. The number of nitrogens with zero attached hydrogens (tertiary/aromatic N) is 1. The second kappa shape index (κ2) is 6.09. The molecule has 3 nitrogen and oxygen atoms in total. The molecule has 19 heavy (non-hydrogen) atoms. The average molecular weight is 261 g/mol. The van der Waals surface area contributed by atoms with Gasteiger partial charge in [-0.2, -0.15) is 0 Å². The number of carbonyl (C=O) groups is 1. The number of rotatable bonds is 3. The minimum Gasteiger partial charge on any atom is -0.496 e. The lowest BCUT2D eigenvalue weighted by atomic mass is 9.99. The van der Waals surface area contributed by atoms with Crippen LogP contribution in [0.15, 0.2) is 18.2 Å². The molecule has 1 saturated heterocycles. The van der Waals surface area contributed by atoms with Gasteiger partial charge in [-0.15, -0.1) is 0 Å². The van der Waals surface area contributed by atoms with Gasteiger partial charge in [0, 0.05) is 13.1 Å². The van der Waals surface area contributed by atoms with Gasteiger partial charge < -0.3 is 9.64 Å². The molecule has 0 radical (unpaired) electrons. The summed E-state index contributed by atoms with van der Waals surface area (Å²) < 4.78 is 5.24. The minimum absolute atomic E-state index is 0.246. The Labute approximate surface area is 115 Å². The van der Waals surface area contributed by atoms with Gasteiger partial charge in [0.05, 0.1) is 13.5 Å². The van der Waals surface area contributed by atoms with Crippen LogP contribution >= 0.6 is 0 Å². The van der Waals surface area contributed by atoms with E-state index in [2.05, 4.69) is 6.92 Å². The zero-order chi connectivity index (χ0) is 13.8. The second-order valence-electron chi connectivity index (χ2n) is 5.57. The van der Waals surface area contributed by atoms with E-state index in [0.717, 1.165) is 36.4 Å². The number of methoxy groups -OCH3 is 1. The van der Waals surface area contributed by atoms with Crippen LogP contribution < -0.4 is 4.74 Å². The molecule has 0 aromatic heterocycles. The molecule has 1 atom stereocenters. The maximum absolute atomic E-state index is 12.3. The van der Waals surface area contributed by atoms with E-state index in [1.807, 2.05) is 30.0 Å². The summed E-state index contributed by atoms with van der Waals surface area (Å²) in [6, 6.07) is 5.97. The molecule has 0 aliphatic carbocycles. The minimum atomic E-state index is 0.246. The number of ether oxygens (including phenoxy) is 1. The summed E-state index contributed by atoms with van der Waals surface area (Å²) in [7, 11) is 1.67. The molecule has 104 valence electrons. The molecule has 3 heteroatoms. The SMILES string of the molecule is COc1ccc(CC(=O)N2CCCC(C)C2)cc1C. The zero-order valence-electron chi connectivity index (χ0n) is 12.1. The Morgan fingerprint density at radius 1 is 1.47 bits per heavy atom. The number of aryl methyl sites for hydroxylation is 1. The molecule has 1 unspecified atom stereocenters. The van der Waals surface area contributed by atoms with Crippen LogP contribution in [0.2, 0.25) is 0 Å². The maximum atomic E-state index is 12.3. The van der Waals surface area contributed by atoms with Crippen LogP contribution in [0.1, 0.15) is 30.9 Å². The van der Waals surface area contributed by atoms with Crippen LogP contribution in [0.3, 0.4) is 0 Å². The van der Waals surface area contributed by atoms with Gasteiger partial charge in [-0.3, -0.25) is 4.79 Å². The smallest absolute Gasteiger partial charge is 0.226 e. The highest BCUT2D eigenvalue weighted by Gasteiger charge is 2.20. The van der Waals surface area contributed by atoms with Gasteiger partial charge in [0.1, 0.15) is 5.75 Å². The first kappa shape index (κ1) is 13.9. The highest BCUT2D eigenvalue weighted by molar-refractivity contribution is 5.79. The summed E-state index contributed by atoms with van der Waals surface area (Å²) in [6.07, 6.45) is 2.87. The Bertz CT molecular complexity index is 456. The van der Waals surface area contributed by atoms with Crippen molar-refractivity contribution in [3.05, 3.63) is 29.3 Å². The molecule has 0 bridgehead atoms. The van der Waals surface area contributed by atoms with E-state index < -0.39 is 0 Å². The van der Waals surface area contributed by atoms with Crippen LogP contribution in [-0.2, 0) is 11.2 Å². The number of carbonyl (C=O) groups excluding carboxylic acids is 1. The van der Waals surface area contributed by atoms with Crippen molar-refractivity contribution >= 4 is 5.91 Å². The molecule has 1 aromatic rings. The van der Waals surface area contributed by atoms with Gasteiger partial charge in [-0.05, 0) is 42.9 Å². The van der Waals surface area contributed by atoms with Crippen molar-refractivity contribution in [2.45, 2.75) is 33.1 Å². The highest BCUT2D eigenvalue weighted by atomic mass is 16.5. The molecule has 0 spiro atoms. The van der Waals surface area contributed by atoms with Crippen molar-refractivity contribution in [2.75, 3.05) is 20.2 Å². The Kier molecular flexibility index (Phi) is 4.46. The van der Waals surface area contributed by atoms with Crippen molar-refractivity contribution < 1.29 is 9.53 Å². The van der Waals surface area contributed by atoms with Crippen molar-refractivity contribution in [3.63, 3.8) is 0 Å². The number of hydrogen-bond acceptors (Lipinski definition) is 2. The zero-order valence-corrected chi connectivity index (χ0v) is 12.1. The van der Waals surface area contributed by atoms with E-state index in [-0.39, 0.29) is 5.91 Å². The topological polar surface area (TPSA) is 29.5 Å². The second-order valence-corrected chi connectivity index (χ2v) is 5.57. The van der Waals surface area contributed by atoms with Crippen LogP contribution in [0.5, 0.6) is 5.75 Å². The van der Waals surface area contributed by atoms with Crippen LogP contribution in [0.25, 0.3) is 0 Å². The van der Waals surface area contributed by atoms with E-state index >= 15 is 0 Å². The van der Waals surface area contributed by atoms with E-state index in [1.165, 1.54) is 6.42 Å². The summed E-state index contributed by atoms with van der Waals surface area (Å²) in [5.41, 5.74) is 2.15. The maximum Gasteiger partial charge on any atom is 0.226 e. The lowest BCUT2D eigenvalue weighted by Crippen LogP contribution is -2.39. The van der Waals surface area contributed by atoms with E-state index in [0.29, 0.717) is 12.3 Å². The molecule has 0 N–H and O–H groups in total. The first-order valence-corrected chi connectivity index (χ1v) is 7.01. The van der Waals surface area contributed by atoms with Gasteiger partial charge in [-0.1, -0.05) is 19.1 Å². The Morgan fingerprint density at radius 3 is 2.89 bits per heavy atom. The molecular weight excluding hydrogens is 238 g/mol. The van der Waals surface area contributed by atoms with Crippen molar-refractivity contribution in [1.29, 1.82) is 0 Å². The van der Waals surface area contributed by atoms with Crippen molar-refractivity contribution in [2.24, 2.45) is 5.92 Å². The fourth-order valence-electron chi connectivity index (χ4n) is 2.75. The average Bonchev–Trinajstić information content (AvgIpc) is 2.39. The van der Waals surface area contributed by atoms with Gasteiger partial charge in [0.2, 0.25) is 5.91 Å². The Morgan fingerprint density at radius 2 is 2.26 bits per heavy atom. The van der Waals surface area contributed by atoms with E-state index in [1.54, 1.807) is 7.11 Å². The van der Waals surface area contributed by atoms with Crippen LogP contribution in [0.4, 0.5) is 0 Å². The first-order valence-electron chi connectivity index (χ1n) is 7.01. The number of amides is 1. The van der Waals surface area contributed by atoms with Crippen LogP contribution in [-0.4, -0.2) is 31.0 Å². The lowest BCUT2D eigenvalue weighted by Gasteiger charge is -2.31. The van der Waals surface area contributed by atoms with Crippen LogP contribution in [0, 0.1) is 12.8 Å². The predicted octanol–water partition coefficient (Wildman–Crippen LogP) is 2.80. The molecule has 1 aliphatic heterocycles. The van der Waals surface area contributed by atoms with Gasteiger partial charge in [0.25, 0.3) is 0 Å². The quantitative estimate of drug-likeness (QED) is 0.837. The molecule has 1 heterocycles. The van der Waals surface area contributed by atoms with Crippen molar-refractivity contribution in [3.8, 4) is 5.75 Å². The van der Waals surface area contributed by atoms with E-state index in [9.17, 15) is 4.79 Å². The lowest BCUT2D eigenvalue weighted by molar-refractivity contribution is -0.132. The standard InChI is InChI=1S/C16H23NO2/c1-12-5-4-8-17(11-12)16(18)10-14-6-7-15(19-3)13(2)9-14/h6-7,9,12H,4-5,8,10-11H2,1-3H3. The van der Waals surface area contributed by atoms with Gasteiger partial charge >= 0.3 is 0 Å². The third-order valence-corrected chi connectivity index (χ3v) is 3.82. The van der Waals surface area contributed by atoms with E-state index in [4.69, 9.17) is 4.74 Å². The van der Waals surface area contributed by atoms with Gasteiger partial charge in [-0.25, -0.2) is 0 Å². The number of likely N-dealkylation sites (tertiary alicyclic amines) is 1. The van der Waals surface area contributed by atoms with Crippen molar-refractivity contribution in [1.82, 2.24) is 4.90 Å². The van der Waals surface area contributed by atoms with Gasteiger partial charge in [0.15, 0.2) is 0 Å². The first-order chi connectivity index (χ1) is 9.10. The molecule has 1 fully saturated rings. The fraction of sp³-hybridized carbons (Fsp3) is 0.562. The molecule has 2 rings (SSSR count). The predicted molar refractivity (Wildman–Crippen MR) is 76.4 cm³/mol.